The van der Waals surface area contributed by atoms with Gasteiger partial charge >= 0.3 is 0 Å². The molecule has 0 spiro atoms. The van der Waals surface area contributed by atoms with E-state index in [0.29, 0.717) is 22.6 Å². The zero-order valence-electron chi connectivity index (χ0n) is 14.6. The van der Waals surface area contributed by atoms with Crippen LogP contribution in [0.3, 0.4) is 0 Å². The van der Waals surface area contributed by atoms with Gasteiger partial charge in [0, 0.05) is 46.5 Å². The molecule has 0 aliphatic carbocycles. The van der Waals surface area contributed by atoms with E-state index in [-0.39, 0.29) is 0 Å². The quantitative estimate of drug-likeness (QED) is 0.839. The van der Waals surface area contributed by atoms with Crippen molar-refractivity contribution in [3.05, 3.63) is 41.0 Å². The van der Waals surface area contributed by atoms with Crippen LogP contribution < -0.4 is 14.7 Å². The average molecular weight is 357 g/mol. The number of hydrogen-bond acceptors (Lipinski definition) is 6. The molecule has 2 aromatic rings. The molecule has 3 rings (SSSR count). The second kappa shape index (κ2) is 7.16. The lowest BCUT2D eigenvalue weighted by molar-refractivity contribution is 0.683. The fraction of sp³-hybridized carbons (Fsp3) is 0.389. The Hall–Kier alpha value is -2.52. The molecule has 1 saturated heterocycles. The number of rotatable bonds is 4. The summed E-state index contributed by atoms with van der Waals surface area (Å²) in [5.41, 5.74) is 1.45. The zero-order chi connectivity index (χ0) is 18.0. The molecule has 0 saturated carbocycles. The predicted octanol–water partition coefficient (Wildman–Crippen LogP) is 2.78. The summed E-state index contributed by atoms with van der Waals surface area (Å²) >= 11 is 6.17. The molecule has 1 aromatic carbocycles. The molecule has 1 aliphatic rings. The number of nitriles is 1. The third-order valence-electron chi connectivity index (χ3n) is 4.54. The highest BCUT2D eigenvalue weighted by atomic mass is 35.5. The molecule has 6 nitrogen and oxygen atoms in total. The first-order chi connectivity index (χ1) is 12.0. The molecule has 25 heavy (non-hydrogen) atoms. The monoisotopic (exact) mass is 356 g/mol. The van der Waals surface area contributed by atoms with Crippen LogP contribution in [0.15, 0.2) is 30.5 Å². The van der Waals surface area contributed by atoms with Crippen LogP contribution in [-0.4, -0.2) is 50.2 Å². The van der Waals surface area contributed by atoms with Crippen LogP contribution in [0.25, 0.3) is 0 Å². The molecule has 0 N–H and O–H groups in total. The summed E-state index contributed by atoms with van der Waals surface area (Å²) in [5, 5.41) is 9.91. The second-order valence-corrected chi connectivity index (χ2v) is 6.76. The zero-order valence-corrected chi connectivity index (χ0v) is 15.4. The van der Waals surface area contributed by atoms with Crippen molar-refractivity contribution in [2.75, 3.05) is 48.9 Å². The Balaban J connectivity index is 1.78. The lowest BCUT2D eigenvalue weighted by Crippen LogP contribution is -2.35. The SMILES string of the molecule is CN(C)c1nccc(N(C)C2CCN(c3cccc(Cl)c3C#N)C2)n1. The van der Waals surface area contributed by atoms with Gasteiger partial charge in [0.2, 0.25) is 5.95 Å². The molecule has 1 unspecified atom stereocenters. The van der Waals surface area contributed by atoms with E-state index in [2.05, 4.69) is 32.9 Å². The minimum atomic E-state index is 0.315. The van der Waals surface area contributed by atoms with E-state index < -0.39 is 0 Å². The van der Waals surface area contributed by atoms with Gasteiger partial charge in [0.1, 0.15) is 11.9 Å². The van der Waals surface area contributed by atoms with E-state index in [9.17, 15) is 5.26 Å². The first-order valence-corrected chi connectivity index (χ1v) is 8.56. The van der Waals surface area contributed by atoms with E-state index in [0.717, 1.165) is 31.0 Å². The Labute approximate surface area is 153 Å². The van der Waals surface area contributed by atoms with Crippen molar-refractivity contribution in [1.29, 1.82) is 5.26 Å². The summed E-state index contributed by atoms with van der Waals surface area (Å²) in [6, 6.07) is 10.1. The number of likely N-dealkylation sites (N-methyl/N-ethyl adjacent to an activating group) is 1. The Kier molecular flexibility index (Phi) is 4.95. The smallest absolute Gasteiger partial charge is 0.226 e. The van der Waals surface area contributed by atoms with Gasteiger partial charge in [-0.2, -0.15) is 10.2 Å². The molecular formula is C18H21ClN6. The van der Waals surface area contributed by atoms with E-state index in [1.165, 1.54) is 0 Å². The van der Waals surface area contributed by atoms with Crippen LogP contribution in [0.1, 0.15) is 12.0 Å². The molecule has 0 amide bonds. The van der Waals surface area contributed by atoms with Crippen molar-refractivity contribution in [2.45, 2.75) is 12.5 Å². The normalized spacial score (nSPS) is 16.6. The third-order valence-corrected chi connectivity index (χ3v) is 4.86. The molecule has 0 radical (unpaired) electrons. The maximum atomic E-state index is 9.40. The molecule has 7 heteroatoms. The van der Waals surface area contributed by atoms with Crippen LogP contribution in [0.5, 0.6) is 0 Å². The third kappa shape index (κ3) is 3.47. The van der Waals surface area contributed by atoms with Gasteiger partial charge in [0.05, 0.1) is 16.3 Å². The first-order valence-electron chi connectivity index (χ1n) is 8.18. The fourth-order valence-electron chi connectivity index (χ4n) is 3.10. The van der Waals surface area contributed by atoms with E-state index in [4.69, 9.17) is 11.6 Å². The van der Waals surface area contributed by atoms with Gasteiger partial charge in [-0.1, -0.05) is 17.7 Å². The highest BCUT2D eigenvalue weighted by Gasteiger charge is 2.28. The Morgan fingerprint density at radius 1 is 1.28 bits per heavy atom. The molecule has 1 aliphatic heterocycles. The maximum Gasteiger partial charge on any atom is 0.226 e. The molecular weight excluding hydrogens is 336 g/mol. The van der Waals surface area contributed by atoms with Crippen LogP contribution in [0.2, 0.25) is 5.02 Å². The topological polar surface area (TPSA) is 59.3 Å². The lowest BCUT2D eigenvalue weighted by atomic mass is 10.2. The first kappa shape index (κ1) is 17.3. The average Bonchev–Trinajstić information content (AvgIpc) is 3.10. The van der Waals surface area contributed by atoms with Crippen molar-refractivity contribution >= 4 is 29.1 Å². The molecule has 1 fully saturated rings. The van der Waals surface area contributed by atoms with E-state index in [1.54, 1.807) is 12.3 Å². The molecule has 0 bridgehead atoms. The molecule has 2 heterocycles. The van der Waals surface area contributed by atoms with Gasteiger partial charge in [-0.25, -0.2) is 4.98 Å². The number of aromatic nitrogens is 2. The van der Waals surface area contributed by atoms with E-state index >= 15 is 0 Å². The second-order valence-electron chi connectivity index (χ2n) is 6.35. The van der Waals surface area contributed by atoms with Gasteiger partial charge in [0.15, 0.2) is 0 Å². The summed E-state index contributed by atoms with van der Waals surface area (Å²) in [5.74, 6) is 1.60. The van der Waals surface area contributed by atoms with Gasteiger partial charge < -0.3 is 14.7 Å². The number of anilines is 3. The number of hydrogen-bond donors (Lipinski definition) is 0. The molecule has 130 valence electrons. The number of benzene rings is 1. The van der Waals surface area contributed by atoms with Gasteiger partial charge in [0.25, 0.3) is 0 Å². The Morgan fingerprint density at radius 2 is 2.08 bits per heavy atom. The van der Waals surface area contributed by atoms with Crippen molar-refractivity contribution in [3.8, 4) is 6.07 Å². The Morgan fingerprint density at radius 3 is 2.80 bits per heavy atom. The van der Waals surface area contributed by atoms with Gasteiger partial charge in [-0.3, -0.25) is 0 Å². The summed E-state index contributed by atoms with van der Waals surface area (Å²) in [7, 11) is 5.91. The summed E-state index contributed by atoms with van der Waals surface area (Å²) in [6.07, 6.45) is 2.78. The lowest BCUT2D eigenvalue weighted by Gasteiger charge is -2.27. The van der Waals surface area contributed by atoms with Crippen molar-refractivity contribution in [1.82, 2.24) is 9.97 Å². The minimum absolute atomic E-state index is 0.315. The highest BCUT2D eigenvalue weighted by molar-refractivity contribution is 6.32. The highest BCUT2D eigenvalue weighted by Crippen LogP contribution is 2.31. The molecule has 1 aromatic heterocycles. The summed E-state index contributed by atoms with van der Waals surface area (Å²) < 4.78 is 0. The fourth-order valence-corrected chi connectivity index (χ4v) is 3.31. The summed E-state index contributed by atoms with van der Waals surface area (Å²) in [4.78, 5) is 15.2. The van der Waals surface area contributed by atoms with E-state index in [1.807, 2.05) is 37.2 Å². The van der Waals surface area contributed by atoms with Crippen LogP contribution in [-0.2, 0) is 0 Å². The predicted molar refractivity (Wildman–Crippen MR) is 102 cm³/mol. The minimum Gasteiger partial charge on any atom is -0.368 e. The largest absolute Gasteiger partial charge is 0.368 e. The summed E-state index contributed by atoms with van der Waals surface area (Å²) in [6.45, 7) is 1.71. The van der Waals surface area contributed by atoms with Crippen LogP contribution >= 0.6 is 11.6 Å². The van der Waals surface area contributed by atoms with Gasteiger partial charge in [-0.05, 0) is 24.6 Å². The number of halogens is 1. The Bertz CT molecular complexity index is 800. The standard InChI is InChI=1S/C18H21ClN6/c1-23(2)18-21-9-7-17(22-18)24(3)13-8-10-25(12-13)16-6-4-5-15(19)14(16)11-20/h4-7,9,13H,8,10,12H2,1-3H3. The van der Waals surface area contributed by atoms with Crippen molar-refractivity contribution in [2.24, 2.45) is 0 Å². The number of nitrogens with zero attached hydrogens (tertiary/aromatic N) is 6. The van der Waals surface area contributed by atoms with Gasteiger partial charge in [-0.15, -0.1) is 0 Å². The van der Waals surface area contributed by atoms with Crippen molar-refractivity contribution in [3.63, 3.8) is 0 Å². The van der Waals surface area contributed by atoms with Crippen molar-refractivity contribution < 1.29 is 0 Å². The molecule has 1 atom stereocenters. The van der Waals surface area contributed by atoms with Crippen LogP contribution in [0, 0.1) is 11.3 Å². The maximum absolute atomic E-state index is 9.40. The van der Waals surface area contributed by atoms with Crippen LogP contribution in [0.4, 0.5) is 17.5 Å².